The normalized spacial score (nSPS) is 42.6. The highest BCUT2D eigenvalue weighted by molar-refractivity contribution is 6.03. The monoisotopic (exact) mass is 624 g/mol. The van der Waals surface area contributed by atoms with Crippen molar-refractivity contribution in [2.45, 2.75) is 119 Å². The number of fused-ring (bicyclic) bond motifs is 8. The summed E-state index contributed by atoms with van der Waals surface area (Å²) in [6.07, 6.45) is 14.6. The molecule has 5 aliphatic rings. The largest absolute Gasteiger partial charge is 0.462 e. The number of carbonyl (C=O) groups excluding carboxylic acids is 2. The van der Waals surface area contributed by atoms with Crippen LogP contribution in [0, 0.1) is 56.7 Å². The maximum atomic E-state index is 14.7. The second kappa shape index (κ2) is 10.7. The molecule has 1 amide bonds. The molecule has 0 radical (unpaired) electrons. The van der Waals surface area contributed by atoms with Crippen LogP contribution in [0.5, 0.6) is 0 Å². The van der Waals surface area contributed by atoms with Crippen molar-refractivity contribution in [3.8, 4) is 0 Å². The Morgan fingerprint density at radius 1 is 0.848 bits per heavy atom. The number of hydrogen-bond donors (Lipinski definition) is 1. The summed E-state index contributed by atoms with van der Waals surface area (Å²) >= 11 is 0. The highest BCUT2D eigenvalue weighted by atomic mass is 16.5. The number of allylic oxidation sites excluding steroid dienone is 1. The number of benzene rings is 1. The Bertz CT molecular complexity index is 1580. The number of aromatic nitrogens is 1. The number of hydrogen-bond acceptors (Lipinski definition) is 4. The van der Waals surface area contributed by atoms with Crippen molar-refractivity contribution in [2.24, 2.45) is 56.7 Å². The average molecular weight is 625 g/mol. The van der Waals surface area contributed by atoms with Crippen LogP contribution in [0.25, 0.3) is 10.8 Å². The number of nitrogens with zero attached hydrogens (tertiary/aromatic N) is 1. The van der Waals surface area contributed by atoms with E-state index in [0.717, 1.165) is 55.0 Å². The average Bonchev–Trinajstić information content (AvgIpc) is 3.40. The maximum Gasteiger partial charge on any atom is 0.302 e. The molecule has 2 aromatic rings. The molecule has 5 heteroatoms. The van der Waals surface area contributed by atoms with Crippen LogP contribution in [-0.4, -0.2) is 23.0 Å². The third-order valence-electron chi connectivity index (χ3n) is 15.7. The molecule has 1 aromatic carbocycles. The topological polar surface area (TPSA) is 68.3 Å². The fourth-order valence-corrected chi connectivity index (χ4v) is 13.4. The van der Waals surface area contributed by atoms with E-state index in [9.17, 15) is 9.59 Å². The Balaban J connectivity index is 1.23. The van der Waals surface area contributed by atoms with E-state index in [1.165, 1.54) is 31.3 Å². The van der Waals surface area contributed by atoms with E-state index >= 15 is 0 Å². The number of esters is 1. The van der Waals surface area contributed by atoms with Gasteiger partial charge in [0.2, 0.25) is 5.91 Å². The molecular weight excluding hydrogens is 568 g/mol. The summed E-state index contributed by atoms with van der Waals surface area (Å²) in [4.78, 5) is 31.3. The molecule has 0 spiro atoms. The van der Waals surface area contributed by atoms with E-state index in [-0.39, 0.29) is 45.1 Å². The number of carbonyl (C=O) groups is 2. The summed E-state index contributed by atoms with van der Waals surface area (Å²) < 4.78 is 5.96. The minimum absolute atomic E-state index is 0.0000789. The maximum absolute atomic E-state index is 14.7. The van der Waals surface area contributed by atoms with E-state index in [2.05, 4.69) is 70.6 Å². The first kappa shape index (κ1) is 31.9. The van der Waals surface area contributed by atoms with Crippen molar-refractivity contribution in [2.75, 3.05) is 5.32 Å². The van der Waals surface area contributed by atoms with Crippen LogP contribution in [-0.2, 0) is 14.3 Å². The van der Waals surface area contributed by atoms with Crippen molar-refractivity contribution < 1.29 is 14.3 Å². The van der Waals surface area contributed by atoms with E-state index in [0.29, 0.717) is 29.6 Å². The number of anilines is 1. The first-order valence-corrected chi connectivity index (χ1v) is 18.2. The summed E-state index contributed by atoms with van der Waals surface area (Å²) in [6.45, 7) is 20.9. The highest BCUT2D eigenvalue weighted by Crippen LogP contribution is 2.77. The van der Waals surface area contributed by atoms with Crippen LogP contribution in [0.4, 0.5) is 5.69 Å². The van der Waals surface area contributed by atoms with Crippen molar-refractivity contribution in [3.05, 3.63) is 48.8 Å². The standard InChI is InChI=1S/C41H56N2O3/c1-25(2)28-15-20-41(36(45)43-31-24-42-23-27-11-9-10-12-29(27)31)22-21-39(7)30(35(28)41)13-14-33-38(6)18-17-34(46-26(3)44)37(4,5)32(38)16-19-40(33,39)8/h9-12,23-24,28,30,32-35H,1,13-22H2,2-8H3,(H,43,45)/t28-,30+,32-,33+,34-,35+,38-,39+,40+,41-/m0/s1. The summed E-state index contributed by atoms with van der Waals surface area (Å²) in [5, 5.41) is 5.56. The fourth-order valence-electron chi connectivity index (χ4n) is 13.4. The zero-order valence-electron chi connectivity index (χ0n) is 29.4. The van der Waals surface area contributed by atoms with Gasteiger partial charge in [-0.1, -0.05) is 71.0 Å². The van der Waals surface area contributed by atoms with Crippen LogP contribution < -0.4 is 5.32 Å². The van der Waals surface area contributed by atoms with Crippen molar-refractivity contribution in [3.63, 3.8) is 0 Å². The Labute approximate surface area is 276 Å². The van der Waals surface area contributed by atoms with Crippen LogP contribution >= 0.6 is 0 Å². The molecule has 46 heavy (non-hydrogen) atoms. The summed E-state index contributed by atoms with van der Waals surface area (Å²) in [5.41, 5.74) is 2.26. The lowest BCUT2D eigenvalue weighted by molar-refractivity contribution is -0.248. The van der Waals surface area contributed by atoms with Gasteiger partial charge in [-0.25, -0.2) is 0 Å². The summed E-state index contributed by atoms with van der Waals surface area (Å²) in [6, 6.07) is 8.22. The first-order chi connectivity index (χ1) is 21.7. The Morgan fingerprint density at radius 2 is 1.61 bits per heavy atom. The predicted octanol–water partition coefficient (Wildman–Crippen LogP) is 9.76. The molecule has 5 fully saturated rings. The van der Waals surface area contributed by atoms with Gasteiger partial charge in [0.15, 0.2) is 0 Å². The third-order valence-corrected chi connectivity index (χ3v) is 15.7. The van der Waals surface area contributed by atoms with Gasteiger partial charge in [0.05, 0.1) is 17.3 Å². The number of ether oxygens (including phenoxy) is 1. The molecule has 1 N–H and O–H groups in total. The molecule has 5 saturated carbocycles. The highest BCUT2D eigenvalue weighted by Gasteiger charge is 2.72. The number of pyridine rings is 1. The van der Waals surface area contributed by atoms with Crippen molar-refractivity contribution in [1.29, 1.82) is 0 Å². The molecule has 0 aliphatic heterocycles. The minimum Gasteiger partial charge on any atom is -0.462 e. The molecule has 7 rings (SSSR count). The summed E-state index contributed by atoms with van der Waals surface area (Å²) in [7, 11) is 0. The van der Waals surface area contributed by atoms with E-state index < -0.39 is 0 Å². The van der Waals surface area contributed by atoms with Gasteiger partial charge in [0.1, 0.15) is 6.10 Å². The third kappa shape index (κ3) is 4.27. The molecule has 10 atom stereocenters. The zero-order valence-corrected chi connectivity index (χ0v) is 29.4. The molecule has 1 aromatic heterocycles. The molecule has 1 heterocycles. The van der Waals surface area contributed by atoms with Crippen molar-refractivity contribution >= 4 is 28.3 Å². The second-order valence-corrected chi connectivity index (χ2v) is 17.7. The zero-order chi connectivity index (χ0) is 32.9. The van der Waals surface area contributed by atoms with Gasteiger partial charge in [0, 0.05) is 29.3 Å². The van der Waals surface area contributed by atoms with Gasteiger partial charge < -0.3 is 10.1 Å². The van der Waals surface area contributed by atoms with E-state index in [1.807, 2.05) is 24.5 Å². The van der Waals surface area contributed by atoms with Crippen LogP contribution in [0.15, 0.2) is 48.8 Å². The van der Waals surface area contributed by atoms with Crippen LogP contribution in [0.2, 0.25) is 0 Å². The van der Waals surface area contributed by atoms with Gasteiger partial charge >= 0.3 is 5.97 Å². The Kier molecular flexibility index (Phi) is 7.39. The quantitative estimate of drug-likeness (QED) is 0.272. The SMILES string of the molecule is C=C(C)[C@@H]1CC[C@]2(C(=O)Nc3cncc4ccccc34)CC[C@]3(C)[C@H](CC[C@@H]4[C@@]5(C)CC[C@H](OC(C)=O)C(C)(C)[C@@H]5CC[C@]43C)[C@@H]12. The predicted molar refractivity (Wildman–Crippen MR) is 185 cm³/mol. The lowest BCUT2D eigenvalue weighted by atomic mass is 9.32. The molecule has 0 bridgehead atoms. The van der Waals surface area contributed by atoms with E-state index in [1.54, 1.807) is 6.92 Å². The smallest absolute Gasteiger partial charge is 0.302 e. The van der Waals surface area contributed by atoms with Crippen molar-refractivity contribution in [1.82, 2.24) is 4.98 Å². The lowest BCUT2D eigenvalue weighted by Gasteiger charge is -2.72. The fraction of sp³-hybridized carbons (Fsp3) is 0.683. The first-order valence-electron chi connectivity index (χ1n) is 18.2. The number of amides is 1. The number of rotatable bonds is 4. The van der Waals surface area contributed by atoms with E-state index in [4.69, 9.17) is 4.74 Å². The minimum atomic E-state index is -0.376. The summed E-state index contributed by atoms with van der Waals surface area (Å²) in [5.74, 6) is 2.41. The molecular formula is C41H56N2O3. The van der Waals surface area contributed by atoms with Gasteiger partial charge in [-0.15, -0.1) is 0 Å². The molecule has 248 valence electrons. The van der Waals surface area contributed by atoms with Gasteiger partial charge in [0.25, 0.3) is 0 Å². The second-order valence-electron chi connectivity index (χ2n) is 17.7. The van der Waals surface area contributed by atoms with Gasteiger partial charge in [-0.2, -0.15) is 0 Å². The van der Waals surface area contributed by atoms with Gasteiger partial charge in [-0.3, -0.25) is 14.6 Å². The lowest BCUT2D eigenvalue weighted by Crippen LogP contribution is -2.67. The van der Waals surface area contributed by atoms with Crippen LogP contribution in [0.3, 0.4) is 0 Å². The molecule has 5 aliphatic carbocycles. The molecule has 5 nitrogen and oxygen atoms in total. The number of nitrogens with one attached hydrogen (secondary N) is 1. The molecule has 0 saturated heterocycles. The van der Waals surface area contributed by atoms with Crippen LogP contribution in [0.1, 0.15) is 113 Å². The van der Waals surface area contributed by atoms with Gasteiger partial charge in [-0.05, 0) is 117 Å². The Hall–Kier alpha value is -2.69. The Morgan fingerprint density at radius 3 is 2.35 bits per heavy atom. The molecule has 0 unspecified atom stereocenters.